The van der Waals surface area contributed by atoms with Gasteiger partial charge in [0, 0.05) is 37.9 Å². The van der Waals surface area contributed by atoms with Gasteiger partial charge in [-0.15, -0.1) is 0 Å². The molecule has 0 aliphatic rings. The predicted octanol–water partition coefficient (Wildman–Crippen LogP) is 1.32. The Bertz CT molecular complexity index is 578. The first-order chi connectivity index (χ1) is 8.92. The molecule has 18 heavy (non-hydrogen) atoms. The van der Waals surface area contributed by atoms with Gasteiger partial charge in [0.15, 0.2) is 0 Å². The van der Waals surface area contributed by atoms with Crippen LogP contribution >= 0.6 is 0 Å². The number of pyridine rings is 1. The van der Waals surface area contributed by atoms with Crippen molar-refractivity contribution in [2.24, 2.45) is 0 Å². The lowest BCUT2D eigenvalue weighted by atomic mass is 10.4. The highest BCUT2D eigenvalue weighted by atomic mass is 15.3. The number of nitrogens with zero attached hydrogens (tertiary/aromatic N) is 4. The Kier molecular flexibility index (Phi) is 3.06. The molecule has 0 spiro atoms. The Morgan fingerprint density at radius 1 is 1.17 bits per heavy atom. The molecule has 0 fully saturated rings. The minimum Gasteiger partial charge on any atom is -0.309 e. The summed E-state index contributed by atoms with van der Waals surface area (Å²) < 4.78 is 3.95. The molecule has 0 aliphatic heterocycles. The lowest BCUT2D eigenvalue weighted by molar-refractivity contribution is 0.552. The third-order valence-electron chi connectivity index (χ3n) is 2.80. The Labute approximate surface area is 105 Å². The maximum Gasteiger partial charge on any atom is 0.137 e. The summed E-state index contributed by atoms with van der Waals surface area (Å²) in [6, 6.07) is 7.94. The largest absolute Gasteiger partial charge is 0.309 e. The molecule has 92 valence electrons. The number of fused-ring (bicyclic) bond motifs is 1. The molecule has 0 amide bonds. The number of hydrogen-bond acceptors (Lipinski definition) is 3. The Balaban J connectivity index is 1.53. The summed E-state index contributed by atoms with van der Waals surface area (Å²) in [4.78, 5) is 4.53. The number of imidazole rings is 1. The summed E-state index contributed by atoms with van der Waals surface area (Å²) >= 11 is 0. The van der Waals surface area contributed by atoms with Crippen LogP contribution in [-0.2, 0) is 13.1 Å². The van der Waals surface area contributed by atoms with Gasteiger partial charge in [0.05, 0.1) is 12.2 Å². The standard InChI is InChI=1S/C13H15N5/c1-2-7-17-11-12(16-13(17)4-1)10-14-6-9-18-8-3-5-15-18/h1-5,7-8,11,14H,6,9-10H2. The van der Waals surface area contributed by atoms with Crippen LogP contribution < -0.4 is 5.32 Å². The zero-order valence-electron chi connectivity index (χ0n) is 10.0. The normalized spacial score (nSPS) is 11.1. The highest BCUT2D eigenvalue weighted by Crippen LogP contribution is 2.03. The second kappa shape index (κ2) is 5.01. The molecule has 1 N–H and O–H groups in total. The first kappa shape index (κ1) is 11.0. The first-order valence-corrected chi connectivity index (χ1v) is 6.02. The van der Waals surface area contributed by atoms with Crippen LogP contribution in [0, 0.1) is 0 Å². The summed E-state index contributed by atoms with van der Waals surface area (Å²) in [7, 11) is 0. The van der Waals surface area contributed by atoms with Crippen molar-refractivity contribution in [3.63, 3.8) is 0 Å². The second-order valence-electron chi connectivity index (χ2n) is 4.14. The summed E-state index contributed by atoms with van der Waals surface area (Å²) in [5.74, 6) is 0. The van der Waals surface area contributed by atoms with Gasteiger partial charge in [-0.25, -0.2) is 4.98 Å². The minimum atomic E-state index is 0.781. The second-order valence-corrected chi connectivity index (χ2v) is 4.14. The van der Waals surface area contributed by atoms with Gasteiger partial charge < -0.3 is 9.72 Å². The van der Waals surface area contributed by atoms with Crippen molar-refractivity contribution in [3.05, 3.63) is 54.7 Å². The molecule has 0 bridgehead atoms. The maximum absolute atomic E-state index is 4.53. The van der Waals surface area contributed by atoms with Crippen molar-refractivity contribution >= 4 is 5.65 Å². The van der Waals surface area contributed by atoms with Crippen LogP contribution in [-0.4, -0.2) is 25.7 Å². The molecular weight excluding hydrogens is 226 g/mol. The predicted molar refractivity (Wildman–Crippen MR) is 69.1 cm³/mol. The van der Waals surface area contributed by atoms with Crippen LogP contribution in [0.2, 0.25) is 0 Å². The third kappa shape index (κ3) is 2.41. The Hall–Kier alpha value is -2.14. The van der Waals surface area contributed by atoms with E-state index in [9.17, 15) is 0 Å². The average molecular weight is 241 g/mol. The molecule has 0 aliphatic carbocycles. The van der Waals surface area contributed by atoms with E-state index in [0.717, 1.165) is 31.0 Å². The van der Waals surface area contributed by atoms with Crippen molar-refractivity contribution in [1.29, 1.82) is 0 Å². The van der Waals surface area contributed by atoms with Crippen molar-refractivity contribution in [2.45, 2.75) is 13.1 Å². The Morgan fingerprint density at radius 2 is 2.17 bits per heavy atom. The van der Waals surface area contributed by atoms with E-state index >= 15 is 0 Å². The van der Waals surface area contributed by atoms with Crippen LogP contribution in [0.5, 0.6) is 0 Å². The summed E-state index contributed by atoms with van der Waals surface area (Å²) in [5, 5.41) is 7.52. The van der Waals surface area contributed by atoms with Crippen LogP contribution in [0.1, 0.15) is 5.69 Å². The fourth-order valence-electron chi connectivity index (χ4n) is 1.92. The minimum absolute atomic E-state index is 0.781. The number of hydrogen-bond donors (Lipinski definition) is 1. The van der Waals surface area contributed by atoms with Gasteiger partial charge in [0.25, 0.3) is 0 Å². The van der Waals surface area contributed by atoms with Crippen molar-refractivity contribution < 1.29 is 0 Å². The zero-order chi connectivity index (χ0) is 12.2. The molecule has 0 saturated heterocycles. The molecule has 3 aromatic rings. The van der Waals surface area contributed by atoms with E-state index in [1.165, 1.54) is 0 Å². The van der Waals surface area contributed by atoms with Crippen molar-refractivity contribution in [2.75, 3.05) is 6.54 Å². The van der Waals surface area contributed by atoms with E-state index in [1.807, 2.05) is 45.7 Å². The van der Waals surface area contributed by atoms with E-state index < -0.39 is 0 Å². The van der Waals surface area contributed by atoms with Gasteiger partial charge in [-0.3, -0.25) is 4.68 Å². The molecule has 0 unspecified atom stereocenters. The third-order valence-corrected chi connectivity index (χ3v) is 2.80. The Morgan fingerprint density at radius 3 is 3.00 bits per heavy atom. The van der Waals surface area contributed by atoms with E-state index in [-0.39, 0.29) is 0 Å². The highest BCUT2D eigenvalue weighted by molar-refractivity contribution is 5.39. The molecule has 0 atom stereocenters. The molecule has 0 radical (unpaired) electrons. The monoisotopic (exact) mass is 241 g/mol. The molecule has 3 heterocycles. The van der Waals surface area contributed by atoms with Crippen LogP contribution in [0.15, 0.2) is 49.1 Å². The lowest BCUT2D eigenvalue weighted by Gasteiger charge is -2.02. The SMILES string of the molecule is c1ccn2cc(CNCCn3cccn3)nc2c1. The van der Waals surface area contributed by atoms with E-state index in [1.54, 1.807) is 6.20 Å². The molecule has 5 heteroatoms. The molecule has 0 aromatic carbocycles. The van der Waals surface area contributed by atoms with Gasteiger partial charge in [-0.1, -0.05) is 6.07 Å². The summed E-state index contributed by atoms with van der Waals surface area (Å²) in [5.41, 5.74) is 2.04. The van der Waals surface area contributed by atoms with Crippen molar-refractivity contribution in [3.8, 4) is 0 Å². The van der Waals surface area contributed by atoms with Gasteiger partial charge >= 0.3 is 0 Å². The molecule has 5 nitrogen and oxygen atoms in total. The fraction of sp³-hybridized carbons (Fsp3) is 0.231. The molecule has 0 saturated carbocycles. The van der Waals surface area contributed by atoms with Crippen molar-refractivity contribution in [1.82, 2.24) is 24.5 Å². The number of rotatable bonds is 5. The van der Waals surface area contributed by atoms with Crippen LogP contribution in [0.4, 0.5) is 0 Å². The molecular formula is C13H15N5. The quantitative estimate of drug-likeness (QED) is 0.685. The summed E-state index contributed by atoms with van der Waals surface area (Å²) in [6.07, 6.45) is 7.82. The summed E-state index contributed by atoms with van der Waals surface area (Å²) in [6.45, 7) is 2.54. The van der Waals surface area contributed by atoms with Crippen LogP contribution in [0.3, 0.4) is 0 Å². The number of aromatic nitrogens is 4. The van der Waals surface area contributed by atoms with E-state index in [4.69, 9.17) is 0 Å². The highest BCUT2D eigenvalue weighted by Gasteiger charge is 1.99. The van der Waals surface area contributed by atoms with Crippen LogP contribution in [0.25, 0.3) is 5.65 Å². The zero-order valence-corrected chi connectivity index (χ0v) is 10.0. The van der Waals surface area contributed by atoms with Gasteiger partial charge in [0.2, 0.25) is 0 Å². The molecule has 3 aromatic heterocycles. The van der Waals surface area contributed by atoms with Gasteiger partial charge in [-0.2, -0.15) is 5.10 Å². The van der Waals surface area contributed by atoms with E-state index in [2.05, 4.69) is 21.6 Å². The van der Waals surface area contributed by atoms with Gasteiger partial charge in [-0.05, 0) is 18.2 Å². The smallest absolute Gasteiger partial charge is 0.137 e. The fourth-order valence-corrected chi connectivity index (χ4v) is 1.92. The topological polar surface area (TPSA) is 47.1 Å². The first-order valence-electron chi connectivity index (χ1n) is 6.02. The lowest BCUT2D eigenvalue weighted by Crippen LogP contribution is -2.19. The maximum atomic E-state index is 4.53. The van der Waals surface area contributed by atoms with Gasteiger partial charge in [0.1, 0.15) is 5.65 Å². The number of nitrogens with one attached hydrogen (secondary N) is 1. The van der Waals surface area contributed by atoms with E-state index in [0.29, 0.717) is 0 Å². The average Bonchev–Trinajstić information content (AvgIpc) is 3.03. The molecule has 3 rings (SSSR count).